The molecule has 0 saturated carbocycles. The van der Waals surface area contributed by atoms with E-state index in [-0.39, 0.29) is 5.97 Å². The van der Waals surface area contributed by atoms with E-state index in [1.54, 1.807) is 0 Å². The quantitative estimate of drug-likeness (QED) is 0.282. The topological polar surface area (TPSA) is 44.8 Å². The first kappa shape index (κ1) is 17.8. The van der Waals surface area contributed by atoms with Crippen LogP contribution in [0.25, 0.3) is 0 Å². The fourth-order valence-corrected chi connectivity index (χ4v) is 3.55. The van der Waals surface area contributed by atoms with Gasteiger partial charge in [-0.3, -0.25) is 0 Å². The van der Waals surface area contributed by atoms with Crippen molar-refractivity contribution in [1.29, 1.82) is 0 Å². The zero-order valence-electron chi connectivity index (χ0n) is 13.5. The van der Waals surface area contributed by atoms with Crippen LogP contribution in [0.2, 0.25) is 6.04 Å². The van der Waals surface area contributed by atoms with E-state index < -0.39 is 9.28 Å². The molecule has 2 aromatic rings. The zero-order valence-corrected chi connectivity index (χ0v) is 14.5. The molecule has 0 N–H and O–H groups in total. The summed E-state index contributed by atoms with van der Waals surface area (Å²) in [7, 11) is -1.52. The lowest BCUT2D eigenvalue weighted by molar-refractivity contribution is -0.137. The van der Waals surface area contributed by atoms with E-state index in [1.165, 1.54) is 6.08 Å². The molecule has 125 valence electrons. The van der Waals surface area contributed by atoms with Crippen LogP contribution in [0.5, 0.6) is 11.5 Å². The van der Waals surface area contributed by atoms with Gasteiger partial charge >= 0.3 is 15.3 Å². The Kier molecular flexibility index (Phi) is 7.63. The number of benzene rings is 2. The average molecular weight is 341 g/mol. The maximum atomic E-state index is 11.0. The summed E-state index contributed by atoms with van der Waals surface area (Å²) < 4.78 is 17.0. The second-order valence-electron chi connectivity index (χ2n) is 5.03. The SMILES string of the molecule is C=CC(=O)OCCCC[Si](Oc1ccccc1)Oc1ccccc1. The summed E-state index contributed by atoms with van der Waals surface area (Å²) in [6, 6.07) is 20.1. The minimum absolute atomic E-state index is 0.386. The van der Waals surface area contributed by atoms with Crippen molar-refractivity contribution in [3.8, 4) is 11.5 Å². The Labute approximate surface area is 144 Å². The molecule has 0 aliphatic heterocycles. The molecule has 0 aliphatic carbocycles. The smallest absolute Gasteiger partial charge is 0.510 e. The fourth-order valence-electron chi connectivity index (χ4n) is 1.97. The third-order valence-corrected chi connectivity index (χ3v) is 4.82. The number of hydrogen-bond donors (Lipinski definition) is 0. The Morgan fingerprint density at radius 1 is 0.917 bits per heavy atom. The third kappa shape index (κ3) is 6.70. The van der Waals surface area contributed by atoms with Crippen molar-refractivity contribution in [3.05, 3.63) is 73.3 Å². The average Bonchev–Trinajstić information content (AvgIpc) is 2.62. The first-order valence-electron chi connectivity index (χ1n) is 7.89. The van der Waals surface area contributed by atoms with E-state index in [0.717, 1.165) is 30.4 Å². The highest BCUT2D eigenvalue weighted by molar-refractivity contribution is 6.46. The minimum Gasteiger partial charge on any atom is -0.510 e. The number of ether oxygens (including phenoxy) is 1. The van der Waals surface area contributed by atoms with Gasteiger partial charge in [-0.2, -0.15) is 0 Å². The first-order valence-corrected chi connectivity index (χ1v) is 9.41. The molecular formula is C19H21O4Si. The van der Waals surface area contributed by atoms with Crippen LogP contribution in [-0.4, -0.2) is 21.9 Å². The summed E-state index contributed by atoms with van der Waals surface area (Å²) in [5.74, 6) is 1.22. The minimum atomic E-state index is -1.52. The van der Waals surface area contributed by atoms with E-state index in [0.29, 0.717) is 6.61 Å². The highest BCUT2D eigenvalue weighted by Crippen LogP contribution is 2.17. The van der Waals surface area contributed by atoms with Crippen molar-refractivity contribution >= 4 is 15.3 Å². The van der Waals surface area contributed by atoms with Gasteiger partial charge < -0.3 is 13.6 Å². The lowest BCUT2D eigenvalue weighted by atomic mass is 10.3. The molecule has 1 radical (unpaired) electrons. The molecule has 5 heteroatoms. The molecule has 0 aromatic heterocycles. The Morgan fingerprint density at radius 3 is 1.96 bits per heavy atom. The number of rotatable bonds is 10. The van der Waals surface area contributed by atoms with Crippen LogP contribution in [0.15, 0.2) is 73.3 Å². The van der Waals surface area contributed by atoms with E-state index in [9.17, 15) is 4.79 Å². The molecule has 4 nitrogen and oxygen atoms in total. The summed E-state index contributed by atoms with van der Waals surface area (Å²) in [4.78, 5) is 11.0. The summed E-state index contributed by atoms with van der Waals surface area (Å²) >= 11 is 0. The fraction of sp³-hybridized carbons (Fsp3) is 0.211. The van der Waals surface area contributed by atoms with Crippen LogP contribution < -0.4 is 8.85 Å². The van der Waals surface area contributed by atoms with Crippen LogP contribution in [0.4, 0.5) is 0 Å². The van der Waals surface area contributed by atoms with Crippen LogP contribution in [-0.2, 0) is 9.53 Å². The predicted octanol–water partition coefficient (Wildman–Crippen LogP) is 4.14. The van der Waals surface area contributed by atoms with Crippen LogP contribution >= 0.6 is 0 Å². The third-order valence-electron chi connectivity index (χ3n) is 3.14. The van der Waals surface area contributed by atoms with Gasteiger partial charge in [0.2, 0.25) is 0 Å². The standard InChI is InChI=1S/C19H21O4Si/c1-2-19(20)21-15-9-10-16-24(22-17-11-5-3-6-12-17)23-18-13-7-4-8-14-18/h2-8,11-14H,1,9-10,15-16H2. The molecule has 0 aliphatic rings. The van der Waals surface area contributed by atoms with E-state index >= 15 is 0 Å². The number of hydrogen-bond acceptors (Lipinski definition) is 4. The van der Waals surface area contributed by atoms with E-state index in [2.05, 4.69) is 6.58 Å². The van der Waals surface area contributed by atoms with Crippen LogP contribution in [0.3, 0.4) is 0 Å². The largest absolute Gasteiger partial charge is 0.532 e. The molecule has 2 rings (SSSR count). The van der Waals surface area contributed by atoms with Gasteiger partial charge in [0.25, 0.3) is 0 Å². The zero-order chi connectivity index (χ0) is 17.0. The van der Waals surface area contributed by atoms with Crippen molar-refractivity contribution in [2.45, 2.75) is 18.9 Å². The van der Waals surface area contributed by atoms with Gasteiger partial charge in [-0.1, -0.05) is 43.0 Å². The number of carbonyl (C=O) groups is 1. The molecule has 0 unspecified atom stereocenters. The molecule has 0 saturated heterocycles. The molecule has 0 atom stereocenters. The maximum absolute atomic E-state index is 11.0. The molecule has 0 spiro atoms. The van der Waals surface area contributed by atoms with Crippen LogP contribution in [0.1, 0.15) is 12.8 Å². The van der Waals surface area contributed by atoms with Crippen molar-refractivity contribution in [3.63, 3.8) is 0 Å². The van der Waals surface area contributed by atoms with Gasteiger partial charge in [-0.25, -0.2) is 4.79 Å². The number of esters is 1. The molecule has 0 bridgehead atoms. The molecular weight excluding hydrogens is 320 g/mol. The molecule has 0 fully saturated rings. The number of unbranched alkanes of at least 4 members (excludes halogenated alkanes) is 1. The highest BCUT2D eigenvalue weighted by atomic mass is 28.3. The van der Waals surface area contributed by atoms with E-state index in [4.69, 9.17) is 13.6 Å². The maximum Gasteiger partial charge on any atom is 0.532 e. The van der Waals surface area contributed by atoms with Crippen LogP contribution in [0, 0.1) is 0 Å². The predicted molar refractivity (Wildman–Crippen MR) is 95.1 cm³/mol. The van der Waals surface area contributed by atoms with Crippen molar-refractivity contribution in [1.82, 2.24) is 0 Å². The number of para-hydroxylation sites is 2. The summed E-state index contributed by atoms with van der Waals surface area (Å²) in [5, 5.41) is 0. The second kappa shape index (κ2) is 10.3. The monoisotopic (exact) mass is 341 g/mol. The lowest BCUT2D eigenvalue weighted by Crippen LogP contribution is -2.29. The highest BCUT2D eigenvalue weighted by Gasteiger charge is 2.20. The summed E-state index contributed by atoms with van der Waals surface area (Å²) in [5.41, 5.74) is 0. The van der Waals surface area contributed by atoms with Crippen molar-refractivity contribution < 1.29 is 18.4 Å². The summed E-state index contributed by atoms with van der Waals surface area (Å²) in [6.07, 6.45) is 2.80. The van der Waals surface area contributed by atoms with Gasteiger partial charge in [0.15, 0.2) is 0 Å². The molecule has 24 heavy (non-hydrogen) atoms. The Balaban J connectivity index is 1.85. The van der Waals surface area contributed by atoms with Gasteiger partial charge in [-0.05, 0) is 37.1 Å². The Hall–Kier alpha value is -2.53. The van der Waals surface area contributed by atoms with Gasteiger partial charge in [-0.15, -0.1) is 0 Å². The van der Waals surface area contributed by atoms with Crippen molar-refractivity contribution in [2.24, 2.45) is 0 Å². The molecule has 2 aromatic carbocycles. The Bertz CT molecular complexity index is 574. The number of carbonyl (C=O) groups excluding carboxylic acids is 1. The second-order valence-corrected chi connectivity index (χ2v) is 6.68. The normalized spacial score (nSPS) is 10.2. The van der Waals surface area contributed by atoms with Gasteiger partial charge in [0.05, 0.1) is 6.61 Å². The van der Waals surface area contributed by atoms with Gasteiger partial charge in [0.1, 0.15) is 11.5 Å². The molecule has 0 amide bonds. The lowest BCUT2D eigenvalue weighted by Gasteiger charge is -2.17. The molecule has 0 heterocycles. The first-order chi connectivity index (χ1) is 11.8. The van der Waals surface area contributed by atoms with Gasteiger partial charge in [0, 0.05) is 12.1 Å². The summed E-state index contributed by atoms with van der Waals surface area (Å²) in [6.45, 7) is 3.76. The van der Waals surface area contributed by atoms with Crippen molar-refractivity contribution in [2.75, 3.05) is 6.61 Å². The van der Waals surface area contributed by atoms with E-state index in [1.807, 2.05) is 60.7 Å². The Morgan fingerprint density at radius 2 is 1.46 bits per heavy atom.